The molecule has 88 valence electrons. The maximum Gasteiger partial charge on any atom is 0.157 e. The molecule has 0 saturated carbocycles. The molecule has 0 radical (unpaired) electrons. The molecule has 3 heteroatoms. The number of aldehydes is 1. The Labute approximate surface area is 101 Å². The van der Waals surface area contributed by atoms with Crippen LogP contribution in [0.1, 0.15) is 11.1 Å². The van der Waals surface area contributed by atoms with Gasteiger partial charge in [0.15, 0.2) is 12.5 Å². The van der Waals surface area contributed by atoms with Crippen molar-refractivity contribution in [1.29, 1.82) is 0 Å². The monoisotopic (exact) mass is 229 g/mol. The van der Waals surface area contributed by atoms with E-state index in [0.29, 0.717) is 12.2 Å². The standard InChI is InChI=1S/C14H15NO2/c1-3-6-17-14-12(9-16)8-11-7-10(2)4-5-13(11)15-14/h3-5,7-9,14-15H,1,6H2,2H3/t14-/m1/s1. The molecular weight excluding hydrogens is 214 g/mol. The van der Waals surface area contributed by atoms with Gasteiger partial charge in [-0.25, -0.2) is 0 Å². The van der Waals surface area contributed by atoms with Crippen molar-refractivity contribution in [2.24, 2.45) is 0 Å². The fourth-order valence-electron chi connectivity index (χ4n) is 1.81. The molecule has 1 aliphatic rings. The minimum Gasteiger partial charge on any atom is -0.356 e. The Morgan fingerprint density at radius 1 is 1.53 bits per heavy atom. The van der Waals surface area contributed by atoms with E-state index in [1.54, 1.807) is 6.08 Å². The first kappa shape index (κ1) is 11.6. The highest BCUT2D eigenvalue weighted by atomic mass is 16.5. The number of carbonyl (C=O) groups excluding carboxylic acids is 1. The molecule has 1 aromatic carbocycles. The van der Waals surface area contributed by atoms with Gasteiger partial charge in [-0.05, 0) is 30.7 Å². The van der Waals surface area contributed by atoms with Crippen LogP contribution in [0.25, 0.3) is 6.08 Å². The number of nitrogens with one attached hydrogen (secondary N) is 1. The molecule has 1 aromatic rings. The summed E-state index contributed by atoms with van der Waals surface area (Å²) >= 11 is 0. The highest BCUT2D eigenvalue weighted by Gasteiger charge is 2.20. The zero-order chi connectivity index (χ0) is 12.3. The Balaban J connectivity index is 2.31. The predicted molar refractivity (Wildman–Crippen MR) is 68.8 cm³/mol. The van der Waals surface area contributed by atoms with Crippen LogP contribution in [0.2, 0.25) is 0 Å². The molecular formula is C14H15NO2. The van der Waals surface area contributed by atoms with Gasteiger partial charge in [-0.15, -0.1) is 6.58 Å². The van der Waals surface area contributed by atoms with Gasteiger partial charge in [0.25, 0.3) is 0 Å². The summed E-state index contributed by atoms with van der Waals surface area (Å²) < 4.78 is 5.49. The van der Waals surface area contributed by atoms with E-state index < -0.39 is 0 Å². The molecule has 1 N–H and O–H groups in total. The number of hydrogen-bond acceptors (Lipinski definition) is 3. The lowest BCUT2D eigenvalue weighted by molar-refractivity contribution is -0.105. The van der Waals surface area contributed by atoms with Crippen molar-refractivity contribution in [2.45, 2.75) is 13.2 Å². The average molecular weight is 229 g/mol. The molecule has 3 nitrogen and oxygen atoms in total. The molecule has 17 heavy (non-hydrogen) atoms. The SMILES string of the molecule is C=CCO[C@H]1Nc2ccc(C)cc2C=C1C=O. The third kappa shape index (κ3) is 2.45. The molecule has 0 saturated heterocycles. The third-order valence-electron chi connectivity index (χ3n) is 2.64. The van der Waals surface area contributed by atoms with Gasteiger partial charge in [-0.1, -0.05) is 17.7 Å². The van der Waals surface area contributed by atoms with E-state index in [1.165, 1.54) is 0 Å². The van der Waals surface area contributed by atoms with Gasteiger partial charge in [0.2, 0.25) is 0 Å². The summed E-state index contributed by atoms with van der Waals surface area (Å²) in [5.41, 5.74) is 3.77. The normalized spacial score (nSPS) is 17.7. The molecule has 0 aliphatic carbocycles. The van der Waals surface area contributed by atoms with E-state index in [9.17, 15) is 4.79 Å². The molecule has 0 spiro atoms. The predicted octanol–water partition coefficient (Wildman–Crippen LogP) is 2.53. The quantitative estimate of drug-likeness (QED) is 0.637. The number of hydrogen-bond donors (Lipinski definition) is 1. The van der Waals surface area contributed by atoms with Crippen LogP contribution in [0.3, 0.4) is 0 Å². The number of ether oxygens (including phenoxy) is 1. The number of carbonyl (C=O) groups is 1. The van der Waals surface area contributed by atoms with Crippen molar-refractivity contribution in [1.82, 2.24) is 0 Å². The highest BCUT2D eigenvalue weighted by molar-refractivity contribution is 5.89. The number of rotatable bonds is 4. The van der Waals surface area contributed by atoms with E-state index >= 15 is 0 Å². The van der Waals surface area contributed by atoms with Crippen molar-refractivity contribution in [3.8, 4) is 0 Å². The number of fused-ring (bicyclic) bond motifs is 1. The van der Waals surface area contributed by atoms with Crippen molar-refractivity contribution in [3.05, 3.63) is 47.6 Å². The van der Waals surface area contributed by atoms with Crippen LogP contribution in [0, 0.1) is 6.92 Å². The minimum atomic E-state index is -0.388. The fourth-order valence-corrected chi connectivity index (χ4v) is 1.81. The van der Waals surface area contributed by atoms with Crippen LogP contribution >= 0.6 is 0 Å². The summed E-state index contributed by atoms with van der Waals surface area (Å²) in [6.45, 7) is 6.02. The second kappa shape index (κ2) is 4.97. The maximum atomic E-state index is 11.0. The van der Waals surface area contributed by atoms with Crippen LogP contribution in [-0.2, 0) is 9.53 Å². The van der Waals surface area contributed by atoms with Crippen molar-refractivity contribution < 1.29 is 9.53 Å². The van der Waals surface area contributed by atoms with Gasteiger partial charge in [-0.3, -0.25) is 4.79 Å². The van der Waals surface area contributed by atoms with Gasteiger partial charge in [0.1, 0.15) is 0 Å². The van der Waals surface area contributed by atoms with Crippen LogP contribution in [0.5, 0.6) is 0 Å². The average Bonchev–Trinajstić information content (AvgIpc) is 2.35. The van der Waals surface area contributed by atoms with Crippen LogP contribution in [-0.4, -0.2) is 19.1 Å². The van der Waals surface area contributed by atoms with Crippen molar-refractivity contribution in [3.63, 3.8) is 0 Å². The Morgan fingerprint density at radius 2 is 2.35 bits per heavy atom. The molecule has 2 rings (SSSR count). The van der Waals surface area contributed by atoms with Crippen LogP contribution in [0.4, 0.5) is 5.69 Å². The maximum absolute atomic E-state index is 11.0. The number of benzene rings is 1. The smallest absolute Gasteiger partial charge is 0.157 e. The Hall–Kier alpha value is -1.87. The zero-order valence-electron chi connectivity index (χ0n) is 9.77. The van der Waals surface area contributed by atoms with Gasteiger partial charge in [-0.2, -0.15) is 0 Å². The third-order valence-corrected chi connectivity index (χ3v) is 2.64. The van der Waals surface area contributed by atoms with Crippen LogP contribution < -0.4 is 5.32 Å². The molecule has 0 bridgehead atoms. The van der Waals surface area contributed by atoms with Gasteiger partial charge in [0, 0.05) is 11.3 Å². The van der Waals surface area contributed by atoms with E-state index in [0.717, 1.165) is 23.1 Å². The lowest BCUT2D eigenvalue weighted by Gasteiger charge is -2.25. The first-order valence-electron chi connectivity index (χ1n) is 5.51. The highest BCUT2D eigenvalue weighted by Crippen LogP contribution is 2.27. The lowest BCUT2D eigenvalue weighted by atomic mass is 10.0. The lowest BCUT2D eigenvalue weighted by Crippen LogP contribution is -2.29. The molecule has 0 amide bonds. The summed E-state index contributed by atoms with van der Waals surface area (Å²) in [5, 5.41) is 3.19. The summed E-state index contributed by atoms with van der Waals surface area (Å²) in [6.07, 6.45) is 3.96. The Bertz CT molecular complexity index is 477. The number of anilines is 1. The summed E-state index contributed by atoms with van der Waals surface area (Å²) in [4.78, 5) is 11.0. The van der Waals surface area contributed by atoms with Gasteiger partial charge < -0.3 is 10.1 Å². The van der Waals surface area contributed by atoms with E-state index in [1.807, 2.05) is 31.2 Å². The minimum absolute atomic E-state index is 0.388. The second-order valence-electron chi connectivity index (χ2n) is 4.00. The number of aryl methyl sites for hydroxylation is 1. The Morgan fingerprint density at radius 3 is 3.06 bits per heavy atom. The second-order valence-corrected chi connectivity index (χ2v) is 4.00. The Kier molecular flexibility index (Phi) is 3.40. The molecule has 1 atom stereocenters. The zero-order valence-corrected chi connectivity index (χ0v) is 9.77. The molecule has 1 heterocycles. The molecule has 0 fully saturated rings. The largest absolute Gasteiger partial charge is 0.356 e. The van der Waals surface area contributed by atoms with E-state index in [2.05, 4.69) is 11.9 Å². The van der Waals surface area contributed by atoms with Crippen molar-refractivity contribution in [2.75, 3.05) is 11.9 Å². The first-order chi connectivity index (χ1) is 8.24. The first-order valence-corrected chi connectivity index (χ1v) is 5.51. The topological polar surface area (TPSA) is 38.3 Å². The summed E-state index contributed by atoms with van der Waals surface area (Å²) in [7, 11) is 0. The van der Waals surface area contributed by atoms with Gasteiger partial charge >= 0.3 is 0 Å². The fraction of sp³-hybridized carbons (Fsp3) is 0.214. The van der Waals surface area contributed by atoms with Crippen molar-refractivity contribution >= 4 is 18.0 Å². The van der Waals surface area contributed by atoms with E-state index in [4.69, 9.17) is 4.74 Å². The van der Waals surface area contributed by atoms with E-state index in [-0.39, 0.29) is 6.23 Å². The van der Waals surface area contributed by atoms with Crippen LogP contribution in [0.15, 0.2) is 36.4 Å². The summed E-state index contributed by atoms with van der Waals surface area (Å²) in [5.74, 6) is 0. The summed E-state index contributed by atoms with van der Waals surface area (Å²) in [6, 6.07) is 6.05. The molecule has 0 aromatic heterocycles. The molecule has 1 aliphatic heterocycles. The molecule has 0 unspecified atom stereocenters. The van der Waals surface area contributed by atoms with Gasteiger partial charge in [0.05, 0.1) is 6.61 Å².